The van der Waals surface area contributed by atoms with Gasteiger partial charge in [-0.25, -0.2) is 0 Å². The summed E-state index contributed by atoms with van der Waals surface area (Å²) in [7, 11) is 0. The summed E-state index contributed by atoms with van der Waals surface area (Å²) >= 11 is 0. The van der Waals surface area contributed by atoms with Crippen molar-refractivity contribution in [1.82, 2.24) is 10.2 Å². The van der Waals surface area contributed by atoms with Gasteiger partial charge in [-0.2, -0.15) is 0 Å². The summed E-state index contributed by atoms with van der Waals surface area (Å²) in [4.78, 5) is 2.68. The highest BCUT2D eigenvalue weighted by Crippen LogP contribution is 2.34. The topological polar surface area (TPSA) is 15.3 Å². The molecule has 2 unspecified atom stereocenters. The van der Waals surface area contributed by atoms with E-state index < -0.39 is 0 Å². The third kappa shape index (κ3) is 2.91. The van der Waals surface area contributed by atoms with Crippen molar-refractivity contribution in [1.29, 1.82) is 0 Å². The Balaban J connectivity index is 1.75. The van der Waals surface area contributed by atoms with E-state index in [4.69, 9.17) is 0 Å². The molecule has 1 heterocycles. The molecule has 1 saturated carbocycles. The van der Waals surface area contributed by atoms with Crippen LogP contribution in [0.4, 0.5) is 0 Å². The minimum atomic E-state index is 0.644. The third-order valence-electron chi connectivity index (χ3n) is 5.12. The number of aryl methyl sites for hydroxylation is 3. The molecule has 1 aromatic rings. The van der Waals surface area contributed by atoms with Gasteiger partial charge in [0.2, 0.25) is 0 Å². The van der Waals surface area contributed by atoms with Crippen molar-refractivity contribution >= 4 is 0 Å². The van der Waals surface area contributed by atoms with Crippen molar-refractivity contribution < 1.29 is 0 Å². The fraction of sp³-hybridized carbons (Fsp3) is 0.667. The van der Waals surface area contributed by atoms with Gasteiger partial charge in [0.1, 0.15) is 0 Å². The van der Waals surface area contributed by atoms with E-state index in [2.05, 4.69) is 50.0 Å². The maximum Gasteiger partial charge on any atom is 0.0243 e. The van der Waals surface area contributed by atoms with E-state index in [1.807, 2.05) is 0 Å². The Morgan fingerprint density at radius 3 is 2.40 bits per heavy atom. The predicted molar refractivity (Wildman–Crippen MR) is 85.0 cm³/mol. The Bertz CT molecular complexity index is 467. The number of piperazine rings is 1. The molecule has 0 spiro atoms. The Labute approximate surface area is 123 Å². The molecule has 2 nitrogen and oxygen atoms in total. The molecule has 0 radical (unpaired) electrons. The van der Waals surface area contributed by atoms with Crippen molar-refractivity contribution in [2.24, 2.45) is 5.92 Å². The van der Waals surface area contributed by atoms with Crippen molar-refractivity contribution in [3.8, 4) is 0 Å². The van der Waals surface area contributed by atoms with Gasteiger partial charge >= 0.3 is 0 Å². The summed E-state index contributed by atoms with van der Waals surface area (Å²) in [5, 5.41) is 3.74. The van der Waals surface area contributed by atoms with E-state index in [1.165, 1.54) is 36.1 Å². The molecule has 20 heavy (non-hydrogen) atoms. The van der Waals surface area contributed by atoms with Gasteiger partial charge in [-0.1, -0.05) is 17.7 Å². The lowest BCUT2D eigenvalue weighted by Crippen LogP contribution is -2.55. The minimum Gasteiger partial charge on any atom is -0.311 e. The Kier molecular flexibility index (Phi) is 3.87. The molecule has 1 saturated heterocycles. The molecule has 0 bridgehead atoms. The summed E-state index contributed by atoms with van der Waals surface area (Å²) in [6, 6.07) is 6.03. The summed E-state index contributed by atoms with van der Waals surface area (Å²) in [6.07, 6.45) is 2.87. The fourth-order valence-electron chi connectivity index (χ4n) is 3.65. The molecule has 2 heteroatoms. The molecule has 1 aliphatic carbocycles. The van der Waals surface area contributed by atoms with E-state index >= 15 is 0 Å². The highest BCUT2D eigenvalue weighted by molar-refractivity contribution is 5.37. The van der Waals surface area contributed by atoms with Crippen LogP contribution in [0.25, 0.3) is 0 Å². The monoisotopic (exact) mass is 272 g/mol. The van der Waals surface area contributed by atoms with E-state index in [-0.39, 0.29) is 0 Å². The first-order valence-electron chi connectivity index (χ1n) is 8.08. The average molecular weight is 272 g/mol. The maximum absolute atomic E-state index is 3.74. The Morgan fingerprint density at radius 1 is 1.15 bits per heavy atom. The molecular formula is C18H28N2. The van der Waals surface area contributed by atoms with Crippen LogP contribution in [0.5, 0.6) is 0 Å². The first kappa shape index (κ1) is 14.1. The number of benzene rings is 1. The van der Waals surface area contributed by atoms with Crippen molar-refractivity contribution in [3.63, 3.8) is 0 Å². The van der Waals surface area contributed by atoms with Crippen LogP contribution >= 0.6 is 0 Å². The van der Waals surface area contributed by atoms with Crippen LogP contribution in [-0.2, 0) is 6.54 Å². The fourth-order valence-corrected chi connectivity index (χ4v) is 3.65. The van der Waals surface area contributed by atoms with Crippen LogP contribution < -0.4 is 5.32 Å². The van der Waals surface area contributed by atoms with Gasteiger partial charge in [0.25, 0.3) is 0 Å². The second-order valence-electron chi connectivity index (χ2n) is 7.01. The first-order chi connectivity index (χ1) is 9.54. The zero-order valence-corrected chi connectivity index (χ0v) is 13.4. The van der Waals surface area contributed by atoms with Crippen molar-refractivity contribution in [2.45, 2.75) is 59.2 Å². The second-order valence-corrected chi connectivity index (χ2v) is 7.01. The number of rotatable bonds is 3. The number of hydrogen-bond donors (Lipinski definition) is 1. The quantitative estimate of drug-likeness (QED) is 0.909. The smallest absolute Gasteiger partial charge is 0.0243 e. The molecule has 0 aromatic heterocycles. The largest absolute Gasteiger partial charge is 0.311 e. The van der Waals surface area contributed by atoms with Gasteiger partial charge in [0, 0.05) is 31.7 Å². The van der Waals surface area contributed by atoms with Gasteiger partial charge < -0.3 is 5.32 Å². The highest BCUT2D eigenvalue weighted by atomic mass is 15.2. The molecule has 2 aliphatic rings. The van der Waals surface area contributed by atoms with Gasteiger partial charge in [0.05, 0.1) is 0 Å². The zero-order valence-electron chi connectivity index (χ0n) is 13.4. The molecule has 3 rings (SSSR count). The summed E-state index contributed by atoms with van der Waals surface area (Å²) in [5.74, 6) is 0.949. The average Bonchev–Trinajstić information content (AvgIpc) is 3.20. The van der Waals surface area contributed by atoms with Crippen molar-refractivity contribution in [2.75, 3.05) is 13.1 Å². The first-order valence-corrected chi connectivity index (χ1v) is 8.08. The van der Waals surface area contributed by atoms with Gasteiger partial charge in [-0.05, 0) is 63.1 Å². The van der Waals surface area contributed by atoms with Gasteiger partial charge in [-0.3, -0.25) is 4.90 Å². The molecule has 2 atom stereocenters. The number of nitrogens with zero attached hydrogens (tertiary/aromatic N) is 1. The van der Waals surface area contributed by atoms with E-state index in [1.54, 1.807) is 5.56 Å². The van der Waals surface area contributed by atoms with Crippen LogP contribution in [0.1, 0.15) is 42.0 Å². The van der Waals surface area contributed by atoms with Crippen LogP contribution in [0.15, 0.2) is 12.1 Å². The summed E-state index contributed by atoms with van der Waals surface area (Å²) in [6.45, 7) is 12.6. The predicted octanol–water partition coefficient (Wildman–Crippen LogP) is 3.18. The van der Waals surface area contributed by atoms with Crippen molar-refractivity contribution in [3.05, 3.63) is 34.4 Å². The number of hydrogen-bond acceptors (Lipinski definition) is 2. The lowest BCUT2D eigenvalue weighted by atomic mass is 9.97. The van der Waals surface area contributed by atoms with Crippen LogP contribution in [-0.4, -0.2) is 30.1 Å². The molecule has 110 valence electrons. The SMILES string of the molecule is Cc1cc(C)c(CN2CC(C3CC3)NCC2C)c(C)c1. The molecule has 1 N–H and O–H groups in total. The molecule has 2 fully saturated rings. The molecule has 1 aliphatic heterocycles. The highest BCUT2D eigenvalue weighted by Gasteiger charge is 2.36. The Hall–Kier alpha value is -0.860. The molecular weight excluding hydrogens is 244 g/mol. The maximum atomic E-state index is 3.74. The lowest BCUT2D eigenvalue weighted by Gasteiger charge is -2.39. The zero-order chi connectivity index (χ0) is 14.3. The Morgan fingerprint density at radius 2 is 1.80 bits per heavy atom. The van der Waals surface area contributed by atoms with Gasteiger partial charge in [-0.15, -0.1) is 0 Å². The van der Waals surface area contributed by atoms with E-state index in [0.717, 1.165) is 25.0 Å². The van der Waals surface area contributed by atoms with Crippen LogP contribution in [0.2, 0.25) is 0 Å². The minimum absolute atomic E-state index is 0.644. The van der Waals surface area contributed by atoms with Crippen LogP contribution in [0.3, 0.4) is 0 Å². The third-order valence-corrected chi connectivity index (χ3v) is 5.12. The number of nitrogens with one attached hydrogen (secondary N) is 1. The van der Waals surface area contributed by atoms with Gasteiger partial charge in [0.15, 0.2) is 0 Å². The summed E-state index contributed by atoms with van der Waals surface area (Å²) in [5.41, 5.74) is 5.83. The summed E-state index contributed by atoms with van der Waals surface area (Å²) < 4.78 is 0. The molecule has 1 aromatic carbocycles. The van der Waals surface area contributed by atoms with E-state index in [0.29, 0.717) is 6.04 Å². The lowest BCUT2D eigenvalue weighted by molar-refractivity contribution is 0.125. The standard InChI is InChI=1S/C18H28N2/c1-12-7-13(2)17(14(3)8-12)10-20-11-18(16-5-6-16)19-9-15(20)4/h7-8,15-16,18-19H,5-6,9-11H2,1-4H3. The second kappa shape index (κ2) is 5.50. The normalized spacial score (nSPS) is 27.8. The van der Waals surface area contributed by atoms with Crippen LogP contribution in [0, 0.1) is 26.7 Å². The van der Waals surface area contributed by atoms with E-state index in [9.17, 15) is 0 Å². The molecule has 0 amide bonds.